The zero-order valence-electron chi connectivity index (χ0n) is 23.8. The van der Waals surface area contributed by atoms with Crippen LogP contribution in [0.4, 0.5) is 0 Å². The summed E-state index contributed by atoms with van der Waals surface area (Å²) in [6.07, 6.45) is 0. The smallest absolute Gasteiger partial charge is 0.236 e. The molecule has 1 unspecified atom stereocenters. The van der Waals surface area contributed by atoms with E-state index in [2.05, 4.69) is 123 Å². The van der Waals surface area contributed by atoms with Gasteiger partial charge in [-0.15, -0.1) is 0 Å². The molecule has 4 heteroatoms. The number of hydrogen-bond donors (Lipinski definition) is 0. The summed E-state index contributed by atoms with van der Waals surface area (Å²) in [6.45, 7) is 7.12. The Balaban J connectivity index is 1.75. The van der Waals surface area contributed by atoms with E-state index in [1.165, 1.54) is 0 Å². The van der Waals surface area contributed by atoms with Crippen molar-refractivity contribution in [1.82, 2.24) is 14.8 Å². The minimum atomic E-state index is -0.196. The Morgan fingerprint density at radius 2 is 1.43 bits per heavy atom. The number of amides is 1. The number of fused-ring (bicyclic) bond motifs is 1. The number of para-hydroxylation sites is 1. The average molecular weight is 528 g/mol. The topological polar surface area (TPSA) is 36.4 Å². The van der Waals surface area contributed by atoms with E-state index < -0.39 is 0 Å². The van der Waals surface area contributed by atoms with Crippen LogP contribution in [0, 0.1) is 6.92 Å². The van der Waals surface area contributed by atoms with E-state index in [4.69, 9.17) is 4.98 Å². The van der Waals surface area contributed by atoms with Gasteiger partial charge in [0.15, 0.2) is 0 Å². The first-order valence-electron chi connectivity index (χ1n) is 14.0. The summed E-state index contributed by atoms with van der Waals surface area (Å²) in [5.74, 6) is 0.0951. The molecule has 40 heavy (non-hydrogen) atoms. The number of pyridine rings is 1. The van der Waals surface area contributed by atoms with E-state index >= 15 is 0 Å². The average Bonchev–Trinajstić information content (AvgIpc) is 2.98. The number of aromatic nitrogens is 1. The maximum Gasteiger partial charge on any atom is 0.236 e. The molecule has 0 spiro atoms. The highest BCUT2D eigenvalue weighted by atomic mass is 16.2. The standard InChI is InChI=1S/C36H37N3O/c1-26(2)38(4)33(40)25-39(24-28-16-8-5-9-17-28)36(30-20-12-7-13-21-30)32-23-31-22-14-15-27(3)34(31)37-35(32)29-18-10-6-11-19-29/h5-23,26,36H,24-25H2,1-4H3. The maximum atomic E-state index is 13.6. The van der Waals surface area contributed by atoms with Crippen LogP contribution >= 0.6 is 0 Å². The molecule has 1 aromatic heterocycles. The Labute approximate surface area is 237 Å². The highest BCUT2D eigenvalue weighted by Crippen LogP contribution is 2.38. The summed E-state index contributed by atoms with van der Waals surface area (Å²) < 4.78 is 0. The van der Waals surface area contributed by atoms with Gasteiger partial charge in [-0.05, 0) is 43.5 Å². The van der Waals surface area contributed by atoms with Crippen LogP contribution in [0.1, 0.15) is 42.1 Å². The molecule has 202 valence electrons. The van der Waals surface area contributed by atoms with Crippen LogP contribution in [0.25, 0.3) is 22.2 Å². The molecule has 1 amide bonds. The second-order valence-corrected chi connectivity index (χ2v) is 10.7. The number of likely N-dealkylation sites (N-methyl/N-ethyl adjacent to an activating group) is 1. The van der Waals surface area contributed by atoms with Crippen molar-refractivity contribution < 1.29 is 4.79 Å². The SMILES string of the molecule is Cc1cccc2cc(C(c3ccccc3)N(CC(=O)N(C)C(C)C)Cc3ccccc3)c(-c3ccccc3)nc12. The highest BCUT2D eigenvalue weighted by Gasteiger charge is 2.29. The molecule has 0 radical (unpaired) electrons. The van der Waals surface area contributed by atoms with Crippen LogP contribution in [-0.4, -0.2) is 40.3 Å². The predicted octanol–water partition coefficient (Wildman–Crippen LogP) is 7.67. The fraction of sp³-hybridized carbons (Fsp3) is 0.222. The van der Waals surface area contributed by atoms with Crippen molar-refractivity contribution in [2.45, 2.75) is 39.4 Å². The third-order valence-electron chi connectivity index (χ3n) is 7.63. The number of nitrogens with zero attached hydrogens (tertiary/aromatic N) is 3. The Morgan fingerprint density at radius 1 is 0.800 bits per heavy atom. The Hall–Kier alpha value is -4.28. The Kier molecular flexibility index (Phi) is 8.37. The van der Waals surface area contributed by atoms with Gasteiger partial charge in [-0.3, -0.25) is 9.69 Å². The van der Waals surface area contributed by atoms with E-state index in [1.54, 1.807) is 0 Å². The van der Waals surface area contributed by atoms with Crippen LogP contribution in [0.2, 0.25) is 0 Å². The molecule has 4 nitrogen and oxygen atoms in total. The van der Waals surface area contributed by atoms with E-state index in [-0.39, 0.29) is 24.5 Å². The zero-order valence-corrected chi connectivity index (χ0v) is 23.8. The van der Waals surface area contributed by atoms with Crippen LogP contribution in [0.5, 0.6) is 0 Å². The van der Waals surface area contributed by atoms with Gasteiger partial charge in [0.2, 0.25) is 5.91 Å². The van der Waals surface area contributed by atoms with Crippen LogP contribution in [0.3, 0.4) is 0 Å². The van der Waals surface area contributed by atoms with Gasteiger partial charge in [-0.1, -0.05) is 109 Å². The number of carbonyl (C=O) groups excluding carboxylic acids is 1. The molecule has 0 N–H and O–H groups in total. The van der Waals surface area contributed by atoms with E-state index in [0.717, 1.165) is 44.4 Å². The number of aryl methyl sites for hydroxylation is 1. The van der Waals surface area contributed by atoms with Crippen molar-refractivity contribution in [3.63, 3.8) is 0 Å². The fourth-order valence-electron chi connectivity index (χ4n) is 5.25. The van der Waals surface area contributed by atoms with Gasteiger partial charge in [0.1, 0.15) is 0 Å². The molecule has 0 aliphatic rings. The molecule has 1 heterocycles. The molecular weight excluding hydrogens is 490 g/mol. The van der Waals surface area contributed by atoms with E-state index in [9.17, 15) is 4.79 Å². The van der Waals surface area contributed by atoms with Gasteiger partial charge in [0.25, 0.3) is 0 Å². The van der Waals surface area contributed by atoms with Crippen LogP contribution < -0.4 is 0 Å². The van der Waals surface area contributed by atoms with E-state index in [1.807, 2.05) is 30.1 Å². The number of rotatable bonds is 9. The molecule has 0 fully saturated rings. The van der Waals surface area contributed by atoms with Crippen LogP contribution in [0.15, 0.2) is 115 Å². The summed E-state index contributed by atoms with van der Waals surface area (Å²) in [5.41, 5.74) is 7.53. The first-order chi connectivity index (χ1) is 19.4. The minimum Gasteiger partial charge on any atom is -0.342 e. The molecule has 0 saturated heterocycles. The summed E-state index contributed by atoms with van der Waals surface area (Å²) in [6, 6.07) is 39.9. The van der Waals surface area contributed by atoms with Crippen molar-refractivity contribution in [1.29, 1.82) is 0 Å². The number of hydrogen-bond acceptors (Lipinski definition) is 3. The Morgan fingerprint density at radius 3 is 2.08 bits per heavy atom. The number of benzene rings is 4. The molecule has 0 aliphatic heterocycles. The lowest BCUT2D eigenvalue weighted by atomic mass is 9.91. The van der Waals surface area contributed by atoms with Crippen molar-refractivity contribution in [2.75, 3.05) is 13.6 Å². The first-order valence-corrected chi connectivity index (χ1v) is 14.0. The molecule has 4 aromatic carbocycles. The molecule has 0 bridgehead atoms. The minimum absolute atomic E-state index is 0.0951. The summed E-state index contributed by atoms with van der Waals surface area (Å²) in [4.78, 5) is 23.1. The third kappa shape index (κ3) is 5.98. The summed E-state index contributed by atoms with van der Waals surface area (Å²) in [7, 11) is 1.89. The summed E-state index contributed by atoms with van der Waals surface area (Å²) in [5, 5.41) is 1.10. The monoisotopic (exact) mass is 527 g/mol. The van der Waals surface area contributed by atoms with Crippen molar-refractivity contribution in [2.24, 2.45) is 0 Å². The van der Waals surface area contributed by atoms with Crippen LogP contribution in [-0.2, 0) is 11.3 Å². The molecule has 0 saturated carbocycles. The van der Waals surface area contributed by atoms with Gasteiger partial charge < -0.3 is 4.90 Å². The molecule has 5 aromatic rings. The lowest BCUT2D eigenvalue weighted by Crippen LogP contribution is -2.42. The molecule has 5 rings (SSSR count). The third-order valence-corrected chi connectivity index (χ3v) is 7.63. The molecule has 0 aliphatic carbocycles. The van der Waals surface area contributed by atoms with Gasteiger partial charge in [0.05, 0.1) is 23.8 Å². The number of carbonyl (C=O) groups is 1. The van der Waals surface area contributed by atoms with Crippen molar-refractivity contribution in [3.05, 3.63) is 138 Å². The highest BCUT2D eigenvalue weighted by molar-refractivity contribution is 5.86. The molecule has 1 atom stereocenters. The second kappa shape index (κ2) is 12.3. The fourth-order valence-corrected chi connectivity index (χ4v) is 5.25. The lowest BCUT2D eigenvalue weighted by molar-refractivity contribution is -0.133. The van der Waals surface area contributed by atoms with Crippen molar-refractivity contribution in [3.8, 4) is 11.3 Å². The van der Waals surface area contributed by atoms with Gasteiger partial charge in [-0.2, -0.15) is 0 Å². The van der Waals surface area contributed by atoms with Crippen molar-refractivity contribution >= 4 is 16.8 Å². The normalized spacial score (nSPS) is 12.2. The second-order valence-electron chi connectivity index (χ2n) is 10.7. The quantitative estimate of drug-likeness (QED) is 0.197. The lowest BCUT2D eigenvalue weighted by Gasteiger charge is -2.35. The first kappa shape index (κ1) is 27.3. The molecular formula is C36H37N3O. The maximum absolute atomic E-state index is 13.6. The predicted molar refractivity (Wildman–Crippen MR) is 165 cm³/mol. The van der Waals surface area contributed by atoms with Gasteiger partial charge in [-0.25, -0.2) is 4.98 Å². The van der Waals surface area contributed by atoms with E-state index in [0.29, 0.717) is 6.54 Å². The zero-order chi connectivity index (χ0) is 28.1. The van der Waals surface area contributed by atoms with Gasteiger partial charge >= 0.3 is 0 Å². The summed E-state index contributed by atoms with van der Waals surface area (Å²) >= 11 is 0. The Bertz CT molecular complexity index is 1570. The van der Waals surface area contributed by atoms with Gasteiger partial charge in [0, 0.05) is 36.1 Å². The largest absolute Gasteiger partial charge is 0.342 e.